The molecule has 1 aromatic heterocycles. The molecule has 0 spiro atoms. The van der Waals surface area contributed by atoms with Crippen LogP contribution in [-0.4, -0.2) is 27.9 Å². The summed E-state index contributed by atoms with van der Waals surface area (Å²) in [6.07, 6.45) is 0.570. The van der Waals surface area contributed by atoms with E-state index in [1.165, 1.54) is 11.8 Å². The SMILES string of the molecule is O=C(NCCSc1ccccc1)n1cc(F)c(=O)[nH]c1=O. The first kappa shape index (κ1) is 15.0. The van der Waals surface area contributed by atoms with Crippen LogP contribution < -0.4 is 16.6 Å². The standard InChI is InChI=1S/C13H12FN3O3S/c14-10-8-17(13(20)16-11(10)18)12(19)15-6-7-21-9-4-2-1-3-5-9/h1-5,8H,6-7H2,(H,15,19)(H,16,18,20). The fraction of sp³-hybridized carbons (Fsp3) is 0.154. The maximum absolute atomic E-state index is 13.0. The summed E-state index contributed by atoms with van der Waals surface area (Å²) >= 11 is 1.53. The predicted molar refractivity (Wildman–Crippen MR) is 77.2 cm³/mol. The monoisotopic (exact) mass is 309 g/mol. The van der Waals surface area contributed by atoms with Crippen molar-refractivity contribution in [3.8, 4) is 0 Å². The number of carbonyl (C=O) groups excluding carboxylic acids is 1. The van der Waals surface area contributed by atoms with Crippen LogP contribution in [0.5, 0.6) is 0 Å². The number of carbonyl (C=O) groups is 1. The summed E-state index contributed by atoms with van der Waals surface area (Å²) in [5.41, 5.74) is -2.13. The lowest BCUT2D eigenvalue weighted by atomic mass is 10.4. The summed E-state index contributed by atoms with van der Waals surface area (Å²) in [7, 11) is 0. The summed E-state index contributed by atoms with van der Waals surface area (Å²) < 4.78 is 13.5. The average Bonchev–Trinajstić information content (AvgIpc) is 2.48. The summed E-state index contributed by atoms with van der Waals surface area (Å²) in [6, 6.07) is 8.81. The van der Waals surface area contributed by atoms with E-state index >= 15 is 0 Å². The van der Waals surface area contributed by atoms with E-state index in [1.807, 2.05) is 30.3 Å². The van der Waals surface area contributed by atoms with Gasteiger partial charge in [-0.3, -0.25) is 9.78 Å². The van der Waals surface area contributed by atoms with Gasteiger partial charge >= 0.3 is 11.7 Å². The molecule has 1 heterocycles. The Morgan fingerprint density at radius 1 is 1.29 bits per heavy atom. The third-order valence-electron chi connectivity index (χ3n) is 2.51. The molecule has 0 saturated heterocycles. The van der Waals surface area contributed by atoms with E-state index in [4.69, 9.17) is 0 Å². The Bertz CT molecular complexity index is 742. The maximum atomic E-state index is 13.0. The number of amides is 1. The Morgan fingerprint density at radius 3 is 2.71 bits per heavy atom. The minimum absolute atomic E-state index is 0.297. The average molecular weight is 309 g/mol. The number of nitrogens with zero attached hydrogens (tertiary/aromatic N) is 1. The third-order valence-corrected chi connectivity index (χ3v) is 3.52. The van der Waals surface area contributed by atoms with Gasteiger partial charge in [0.15, 0.2) is 0 Å². The highest BCUT2D eigenvalue weighted by Crippen LogP contribution is 2.15. The Morgan fingerprint density at radius 2 is 2.00 bits per heavy atom. The number of rotatable bonds is 4. The smallest absolute Gasteiger partial charge is 0.336 e. The normalized spacial score (nSPS) is 10.3. The molecule has 1 aromatic carbocycles. The van der Waals surface area contributed by atoms with Gasteiger partial charge in [-0.2, -0.15) is 4.39 Å². The molecule has 0 fully saturated rings. The van der Waals surface area contributed by atoms with E-state index in [9.17, 15) is 18.8 Å². The van der Waals surface area contributed by atoms with Gasteiger partial charge in [-0.1, -0.05) is 18.2 Å². The number of aromatic amines is 1. The molecule has 0 unspecified atom stereocenters. The molecule has 0 aliphatic rings. The van der Waals surface area contributed by atoms with Gasteiger partial charge in [-0.05, 0) is 12.1 Å². The molecule has 2 aromatic rings. The molecule has 8 heteroatoms. The van der Waals surface area contributed by atoms with Crippen molar-refractivity contribution in [2.75, 3.05) is 12.3 Å². The van der Waals surface area contributed by atoms with Crippen molar-refractivity contribution in [1.82, 2.24) is 14.9 Å². The topological polar surface area (TPSA) is 84.0 Å². The van der Waals surface area contributed by atoms with Crippen molar-refractivity contribution < 1.29 is 9.18 Å². The largest absolute Gasteiger partial charge is 0.336 e. The minimum Gasteiger partial charge on any atom is -0.336 e. The zero-order valence-corrected chi connectivity index (χ0v) is 11.7. The van der Waals surface area contributed by atoms with Gasteiger partial charge in [0.25, 0.3) is 5.56 Å². The van der Waals surface area contributed by atoms with Crippen LogP contribution >= 0.6 is 11.8 Å². The number of hydrogen-bond donors (Lipinski definition) is 2. The van der Waals surface area contributed by atoms with Crippen molar-refractivity contribution in [2.24, 2.45) is 0 Å². The quantitative estimate of drug-likeness (QED) is 0.652. The number of thioether (sulfide) groups is 1. The van der Waals surface area contributed by atoms with Crippen LogP contribution in [0.15, 0.2) is 51.0 Å². The van der Waals surface area contributed by atoms with E-state index in [-0.39, 0.29) is 0 Å². The van der Waals surface area contributed by atoms with Crippen LogP contribution in [0.3, 0.4) is 0 Å². The Balaban J connectivity index is 1.89. The van der Waals surface area contributed by atoms with Gasteiger partial charge in [-0.15, -0.1) is 11.8 Å². The molecule has 0 bridgehead atoms. The summed E-state index contributed by atoms with van der Waals surface area (Å²) in [4.78, 5) is 36.7. The Labute approximate surface area is 123 Å². The maximum Gasteiger partial charge on any atom is 0.336 e. The molecule has 1 amide bonds. The Hall–Kier alpha value is -2.35. The van der Waals surface area contributed by atoms with Crippen LogP contribution in [-0.2, 0) is 0 Å². The van der Waals surface area contributed by atoms with E-state index in [1.54, 1.807) is 4.98 Å². The molecule has 2 rings (SSSR count). The highest BCUT2D eigenvalue weighted by atomic mass is 32.2. The van der Waals surface area contributed by atoms with E-state index in [0.29, 0.717) is 23.1 Å². The second-order valence-corrected chi connectivity index (χ2v) is 5.17. The van der Waals surface area contributed by atoms with Crippen molar-refractivity contribution >= 4 is 17.8 Å². The van der Waals surface area contributed by atoms with Gasteiger partial charge in [0.1, 0.15) is 0 Å². The molecule has 21 heavy (non-hydrogen) atoms. The van der Waals surface area contributed by atoms with E-state index in [0.717, 1.165) is 4.90 Å². The van der Waals surface area contributed by atoms with Gasteiger partial charge < -0.3 is 5.32 Å². The first-order valence-electron chi connectivity index (χ1n) is 6.05. The lowest BCUT2D eigenvalue weighted by Crippen LogP contribution is -2.41. The number of hydrogen-bond acceptors (Lipinski definition) is 4. The summed E-state index contributed by atoms with van der Waals surface area (Å²) in [6.45, 7) is 0.297. The van der Waals surface area contributed by atoms with Crippen LogP contribution in [0, 0.1) is 5.82 Å². The second-order valence-electron chi connectivity index (χ2n) is 4.00. The summed E-state index contributed by atoms with van der Waals surface area (Å²) in [5, 5.41) is 2.47. The number of aromatic nitrogens is 2. The van der Waals surface area contributed by atoms with Crippen molar-refractivity contribution in [3.63, 3.8) is 0 Å². The molecule has 0 saturated carbocycles. The molecule has 0 aliphatic heterocycles. The highest BCUT2D eigenvalue weighted by molar-refractivity contribution is 7.99. The molecule has 0 aliphatic carbocycles. The van der Waals surface area contributed by atoms with Crippen molar-refractivity contribution in [2.45, 2.75) is 4.90 Å². The van der Waals surface area contributed by atoms with Crippen LogP contribution in [0.2, 0.25) is 0 Å². The molecular formula is C13H12FN3O3S. The lowest BCUT2D eigenvalue weighted by Gasteiger charge is -2.06. The van der Waals surface area contributed by atoms with Crippen LogP contribution in [0.1, 0.15) is 0 Å². The van der Waals surface area contributed by atoms with Gasteiger partial charge in [0, 0.05) is 17.2 Å². The van der Waals surface area contributed by atoms with Crippen molar-refractivity contribution in [3.05, 3.63) is 63.2 Å². The molecule has 0 atom stereocenters. The number of nitrogens with one attached hydrogen (secondary N) is 2. The van der Waals surface area contributed by atoms with Crippen LogP contribution in [0.25, 0.3) is 0 Å². The molecule has 6 nitrogen and oxygen atoms in total. The predicted octanol–water partition coefficient (Wildman–Crippen LogP) is 1.03. The highest BCUT2D eigenvalue weighted by Gasteiger charge is 2.10. The zero-order valence-electron chi connectivity index (χ0n) is 10.8. The molecule has 110 valence electrons. The molecular weight excluding hydrogens is 297 g/mol. The number of halogens is 1. The lowest BCUT2D eigenvalue weighted by molar-refractivity contribution is 0.241. The zero-order chi connectivity index (χ0) is 15.2. The fourth-order valence-corrected chi connectivity index (χ4v) is 2.32. The third kappa shape index (κ3) is 4.06. The second kappa shape index (κ2) is 6.89. The van der Waals surface area contributed by atoms with E-state index in [2.05, 4.69) is 5.32 Å². The number of benzene rings is 1. The van der Waals surface area contributed by atoms with Gasteiger partial charge in [0.2, 0.25) is 5.82 Å². The molecule has 0 radical (unpaired) electrons. The van der Waals surface area contributed by atoms with Crippen molar-refractivity contribution in [1.29, 1.82) is 0 Å². The first-order chi connectivity index (χ1) is 10.1. The first-order valence-corrected chi connectivity index (χ1v) is 7.04. The minimum atomic E-state index is -1.19. The Kier molecular flexibility index (Phi) is 4.94. The van der Waals surface area contributed by atoms with E-state index < -0.39 is 23.1 Å². The van der Waals surface area contributed by atoms with Crippen LogP contribution in [0.4, 0.5) is 9.18 Å². The number of H-pyrrole nitrogens is 1. The van der Waals surface area contributed by atoms with Gasteiger partial charge in [0.05, 0.1) is 6.20 Å². The van der Waals surface area contributed by atoms with Gasteiger partial charge in [-0.25, -0.2) is 14.2 Å². The molecule has 2 N–H and O–H groups in total. The fourth-order valence-electron chi connectivity index (χ4n) is 1.53. The summed E-state index contributed by atoms with van der Waals surface area (Å²) in [5.74, 6) is -0.598.